The highest BCUT2D eigenvalue weighted by atomic mass is 16.5. The Balaban J connectivity index is 1.40. The number of nitrogens with zero attached hydrogens (tertiary/aromatic N) is 3. The van der Waals surface area contributed by atoms with E-state index < -0.39 is 0 Å². The van der Waals surface area contributed by atoms with Crippen LogP contribution in [-0.4, -0.2) is 52.0 Å². The molecule has 1 fully saturated rings. The second-order valence-electron chi connectivity index (χ2n) is 8.14. The van der Waals surface area contributed by atoms with Crippen molar-refractivity contribution in [2.45, 2.75) is 6.42 Å². The highest BCUT2D eigenvalue weighted by molar-refractivity contribution is 5.78. The summed E-state index contributed by atoms with van der Waals surface area (Å²) in [7, 11) is 4.12. The Hall–Kier alpha value is -3.25. The molecule has 3 heterocycles. The zero-order valence-electron chi connectivity index (χ0n) is 18.1. The normalized spacial score (nSPS) is 15.4. The Kier molecular flexibility index (Phi) is 5.38. The van der Waals surface area contributed by atoms with Crippen molar-refractivity contribution < 1.29 is 9.47 Å². The molecule has 0 bridgehead atoms. The van der Waals surface area contributed by atoms with Crippen molar-refractivity contribution in [1.29, 1.82) is 0 Å². The molecule has 160 valence electrons. The van der Waals surface area contributed by atoms with E-state index in [9.17, 15) is 0 Å². The van der Waals surface area contributed by atoms with Crippen LogP contribution in [-0.2, 0) is 11.2 Å². The third-order valence-corrected chi connectivity index (χ3v) is 5.92. The fourth-order valence-electron chi connectivity index (χ4n) is 4.19. The van der Waals surface area contributed by atoms with E-state index in [1.165, 1.54) is 22.5 Å². The monoisotopic (exact) mass is 416 g/mol. The van der Waals surface area contributed by atoms with Gasteiger partial charge in [0.15, 0.2) is 11.6 Å². The van der Waals surface area contributed by atoms with Crippen LogP contribution in [0.25, 0.3) is 11.1 Å². The van der Waals surface area contributed by atoms with Crippen LogP contribution < -0.4 is 19.9 Å². The predicted octanol–water partition coefficient (Wildman–Crippen LogP) is 4.33. The van der Waals surface area contributed by atoms with Gasteiger partial charge in [-0.25, -0.2) is 4.98 Å². The summed E-state index contributed by atoms with van der Waals surface area (Å²) >= 11 is 0. The van der Waals surface area contributed by atoms with Gasteiger partial charge in [0, 0.05) is 68.0 Å². The molecule has 0 amide bonds. The highest BCUT2D eigenvalue weighted by Gasteiger charge is 2.23. The summed E-state index contributed by atoms with van der Waals surface area (Å²) in [5, 5.41) is 3.46. The Morgan fingerprint density at radius 1 is 1.00 bits per heavy atom. The number of hydrogen-bond donors (Lipinski definition) is 1. The fraction of sp³-hybridized carbons (Fsp3) is 0.320. The molecule has 2 aliphatic rings. The molecule has 6 heteroatoms. The van der Waals surface area contributed by atoms with Crippen molar-refractivity contribution in [3.63, 3.8) is 0 Å². The van der Waals surface area contributed by atoms with E-state index in [-0.39, 0.29) is 0 Å². The largest absolute Gasteiger partial charge is 0.489 e. The van der Waals surface area contributed by atoms with Gasteiger partial charge in [-0.3, -0.25) is 0 Å². The lowest BCUT2D eigenvalue weighted by Crippen LogP contribution is -2.36. The lowest BCUT2D eigenvalue weighted by atomic mass is 9.99. The number of aromatic nitrogens is 1. The molecule has 2 aromatic carbocycles. The first-order valence-corrected chi connectivity index (χ1v) is 10.8. The summed E-state index contributed by atoms with van der Waals surface area (Å²) < 4.78 is 11.5. The molecule has 1 N–H and O–H groups in total. The van der Waals surface area contributed by atoms with Crippen molar-refractivity contribution in [3.05, 3.63) is 60.3 Å². The standard InChI is InChI=1S/C25H28N4O2/c1-28(2)21-5-3-4-18(16-21)23-17-26-25(24-22(23)10-13-31-24)27-19-6-8-20(9-7-19)29-11-14-30-15-12-29/h3-9,16-17H,10-15H2,1-2H3,(H,26,27). The number of morpholine rings is 1. The van der Waals surface area contributed by atoms with E-state index in [4.69, 9.17) is 14.5 Å². The molecule has 0 radical (unpaired) electrons. The van der Waals surface area contributed by atoms with E-state index in [0.717, 1.165) is 55.5 Å². The first kappa shape index (κ1) is 19.7. The van der Waals surface area contributed by atoms with Gasteiger partial charge >= 0.3 is 0 Å². The molecule has 0 aliphatic carbocycles. The zero-order valence-corrected chi connectivity index (χ0v) is 18.1. The molecule has 3 aromatic rings. The minimum atomic E-state index is 0.687. The first-order chi connectivity index (χ1) is 15.2. The van der Waals surface area contributed by atoms with Crippen molar-refractivity contribution in [3.8, 4) is 16.9 Å². The van der Waals surface area contributed by atoms with Crippen LogP contribution in [0.5, 0.6) is 5.75 Å². The van der Waals surface area contributed by atoms with Gasteiger partial charge in [0.05, 0.1) is 19.8 Å². The number of nitrogens with one attached hydrogen (secondary N) is 1. The fourth-order valence-corrected chi connectivity index (χ4v) is 4.19. The Labute approximate surface area is 183 Å². The molecular formula is C25H28N4O2. The van der Waals surface area contributed by atoms with E-state index in [0.29, 0.717) is 6.61 Å². The Morgan fingerprint density at radius 2 is 1.81 bits per heavy atom. The summed E-state index contributed by atoms with van der Waals surface area (Å²) in [5.41, 5.74) is 6.93. The molecule has 0 spiro atoms. The summed E-state index contributed by atoms with van der Waals surface area (Å²) in [6.07, 6.45) is 2.86. The third-order valence-electron chi connectivity index (χ3n) is 5.92. The van der Waals surface area contributed by atoms with Gasteiger partial charge in [-0.1, -0.05) is 12.1 Å². The van der Waals surface area contributed by atoms with Crippen molar-refractivity contribution in [2.24, 2.45) is 0 Å². The number of pyridine rings is 1. The Morgan fingerprint density at radius 3 is 2.58 bits per heavy atom. The summed E-state index contributed by atoms with van der Waals surface area (Å²) in [5.74, 6) is 1.64. The van der Waals surface area contributed by atoms with E-state index in [1.807, 2.05) is 6.20 Å². The average Bonchev–Trinajstić information content (AvgIpc) is 3.31. The van der Waals surface area contributed by atoms with Crippen molar-refractivity contribution >= 4 is 22.9 Å². The maximum Gasteiger partial charge on any atom is 0.173 e. The lowest BCUT2D eigenvalue weighted by molar-refractivity contribution is 0.122. The van der Waals surface area contributed by atoms with Gasteiger partial charge in [0.1, 0.15) is 0 Å². The van der Waals surface area contributed by atoms with Crippen LogP contribution in [0.2, 0.25) is 0 Å². The third kappa shape index (κ3) is 4.03. The van der Waals surface area contributed by atoms with Gasteiger partial charge < -0.3 is 24.6 Å². The molecule has 0 saturated carbocycles. The van der Waals surface area contributed by atoms with Crippen LogP contribution in [0.3, 0.4) is 0 Å². The summed E-state index contributed by atoms with van der Waals surface area (Å²) in [6, 6.07) is 17.0. The lowest BCUT2D eigenvalue weighted by Gasteiger charge is -2.29. The van der Waals surface area contributed by atoms with Gasteiger partial charge in [-0.05, 0) is 42.0 Å². The first-order valence-electron chi connectivity index (χ1n) is 10.8. The second-order valence-corrected chi connectivity index (χ2v) is 8.14. The Bertz CT molecular complexity index is 1060. The molecule has 1 saturated heterocycles. The number of rotatable bonds is 5. The minimum absolute atomic E-state index is 0.687. The zero-order chi connectivity index (χ0) is 21.2. The summed E-state index contributed by atoms with van der Waals surface area (Å²) in [4.78, 5) is 9.20. The van der Waals surface area contributed by atoms with Crippen LogP contribution in [0.15, 0.2) is 54.7 Å². The van der Waals surface area contributed by atoms with E-state index >= 15 is 0 Å². The van der Waals surface area contributed by atoms with Crippen molar-refractivity contribution in [2.75, 3.05) is 62.1 Å². The van der Waals surface area contributed by atoms with E-state index in [1.54, 1.807) is 0 Å². The number of benzene rings is 2. The molecule has 0 unspecified atom stereocenters. The number of fused-ring (bicyclic) bond motifs is 1. The number of anilines is 4. The smallest absolute Gasteiger partial charge is 0.173 e. The van der Waals surface area contributed by atoms with E-state index in [2.05, 4.69) is 77.7 Å². The molecule has 6 nitrogen and oxygen atoms in total. The van der Waals surface area contributed by atoms with Crippen molar-refractivity contribution in [1.82, 2.24) is 4.98 Å². The second kappa shape index (κ2) is 8.47. The number of hydrogen-bond acceptors (Lipinski definition) is 6. The predicted molar refractivity (Wildman–Crippen MR) is 126 cm³/mol. The number of ether oxygens (including phenoxy) is 2. The van der Waals surface area contributed by atoms with Gasteiger partial charge in [0.2, 0.25) is 0 Å². The molecule has 0 atom stereocenters. The SMILES string of the molecule is CN(C)c1cccc(-c2cnc(Nc3ccc(N4CCOCC4)cc3)c3c2CCO3)c1. The van der Waals surface area contributed by atoms with Gasteiger partial charge in [-0.2, -0.15) is 0 Å². The maximum absolute atomic E-state index is 6.00. The molecule has 31 heavy (non-hydrogen) atoms. The molecular weight excluding hydrogens is 388 g/mol. The summed E-state index contributed by atoms with van der Waals surface area (Å²) in [6.45, 7) is 4.14. The molecule has 1 aromatic heterocycles. The van der Waals surface area contributed by atoms with Crippen LogP contribution in [0.1, 0.15) is 5.56 Å². The average molecular weight is 417 g/mol. The van der Waals surface area contributed by atoms with Gasteiger partial charge in [0.25, 0.3) is 0 Å². The quantitative estimate of drug-likeness (QED) is 0.668. The molecule has 5 rings (SSSR count). The maximum atomic E-state index is 6.00. The van der Waals surface area contributed by atoms with Crippen LogP contribution in [0.4, 0.5) is 22.9 Å². The molecule has 2 aliphatic heterocycles. The topological polar surface area (TPSA) is 49.9 Å². The highest BCUT2D eigenvalue weighted by Crippen LogP contribution is 2.40. The van der Waals surface area contributed by atoms with Crippen LogP contribution in [0, 0.1) is 0 Å². The van der Waals surface area contributed by atoms with Gasteiger partial charge in [-0.15, -0.1) is 0 Å². The minimum Gasteiger partial charge on any atom is -0.489 e. The van der Waals surface area contributed by atoms with Crippen LogP contribution >= 0.6 is 0 Å².